The highest BCUT2D eigenvalue weighted by molar-refractivity contribution is 5.87. The first-order valence-electron chi connectivity index (χ1n) is 6.91. The summed E-state index contributed by atoms with van der Waals surface area (Å²) in [6, 6.07) is 3.28. The lowest BCUT2D eigenvalue weighted by Gasteiger charge is -2.10. The number of fused-ring (bicyclic) bond motifs is 1. The quantitative estimate of drug-likeness (QED) is 0.766. The van der Waals surface area contributed by atoms with Crippen LogP contribution < -0.4 is 15.7 Å². The molecular formula is C15H15N5O3. The van der Waals surface area contributed by atoms with E-state index >= 15 is 0 Å². The molecule has 118 valence electrons. The third-order valence-corrected chi connectivity index (χ3v) is 3.39. The van der Waals surface area contributed by atoms with Gasteiger partial charge in [-0.2, -0.15) is 0 Å². The number of carbonyl (C=O) groups excluding carboxylic acids is 1. The van der Waals surface area contributed by atoms with Gasteiger partial charge >= 0.3 is 5.69 Å². The van der Waals surface area contributed by atoms with Crippen LogP contribution in [0.5, 0.6) is 11.5 Å². The molecule has 2 N–H and O–H groups in total. The molecule has 8 heteroatoms. The minimum Gasteiger partial charge on any atom is -0.455 e. The molecule has 0 fully saturated rings. The number of carbonyl (C=O) groups is 1. The number of H-pyrrole nitrogens is 1. The van der Waals surface area contributed by atoms with Gasteiger partial charge < -0.3 is 10.1 Å². The predicted octanol–water partition coefficient (Wildman–Crippen LogP) is 1.72. The number of hydrogen-bond donors (Lipinski definition) is 2. The number of imidazole rings is 1. The van der Waals surface area contributed by atoms with E-state index in [4.69, 9.17) is 4.74 Å². The van der Waals surface area contributed by atoms with E-state index in [-0.39, 0.29) is 11.6 Å². The summed E-state index contributed by atoms with van der Waals surface area (Å²) in [7, 11) is 1.67. The second kappa shape index (κ2) is 5.56. The molecule has 0 aliphatic carbocycles. The van der Waals surface area contributed by atoms with Gasteiger partial charge in [0.2, 0.25) is 5.91 Å². The van der Waals surface area contributed by atoms with Gasteiger partial charge in [0, 0.05) is 31.8 Å². The van der Waals surface area contributed by atoms with Crippen molar-refractivity contribution in [2.45, 2.75) is 13.8 Å². The smallest absolute Gasteiger partial charge is 0.327 e. The summed E-state index contributed by atoms with van der Waals surface area (Å²) in [6.45, 7) is 3.26. The number of amides is 1. The normalized spacial score (nSPS) is 10.7. The Labute approximate surface area is 131 Å². The van der Waals surface area contributed by atoms with Gasteiger partial charge in [-0.15, -0.1) is 0 Å². The summed E-state index contributed by atoms with van der Waals surface area (Å²) in [4.78, 5) is 33.7. The Hall–Kier alpha value is -3.16. The van der Waals surface area contributed by atoms with E-state index in [0.717, 1.165) is 5.56 Å². The fourth-order valence-electron chi connectivity index (χ4n) is 2.32. The fraction of sp³-hybridized carbons (Fsp3) is 0.200. The number of rotatable bonds is 3. The van der Waals surface area contributed by atoms with Crippen LogP contribution in [0, 0.1) is 6.92 Å². The second-order valence-electron chi connectivity index (χ2n) is 5.09. The third-order valence-electron chi connectivity index (χ3n) is 3.39. The zero-order valence-electron chi connectivity index (χ0n) is 12.9. The van der Waals surface area contributed by atoms with Crippen molar-refractivity contribution in [3.05, 3.63) is 40.6 Å². The average Bonchev–Trinajstić information content (AvgIpc) is 2.78. The molecule has 0 spiro atoms. The van der Waals surface area contributed by atoms with Crippen LogP contribution >= 0.6 is 0 Å². The Balaban J connectivity index is 1.98. The number of hydrogen-bond acceptors (Lipinski definition) is 5. The number of anilines is 1. The predicted molar refractivity (Wildman–Crippen MR) is 84.7 cm³/mol. The number of nitrogens with zero attached hydrogens (tertiary/aromatic N) is 3. The summed E-state index contributed by atoms with van der Waals surface area (Å²) < 4.78 is 7.31. The van der Waals surface area contributed by atoms with E-state index in [2.05, 4.69) is 20.3 Å². The van der Waals surface area contributed by atoms with E-state index in [1.165, 1.54) is 17.7 Å². The summed E-state index contributed by atoms with van der Waals surface area (Å²) in [5, 5.41) is 2.59. The highest BCUT2D eigenvalue weighted by Crippen LogP contribution is 2.28. The zero-order chi connectivity index (χ0) is 16.6. The van der Waals surface area contributed by atoms with E-state index in [0.29, 0.717) is 28.5 Å². The zero-order valence-corrected chi connectivity index (χ0v) is 12.9. The first-order chi connectivity index (χ1) is 11.0. The molecule has 0 atom stereocenters. The number of nitrogens with one attached hydrogen (secondary N) is 2. The van der Waals surface area contributed by atoms with Crippen molar-refractivity contribution < 1.29 is 9.53 Å². The Morgan fingerprint density at radius 3 is 2.91 bits per heavy atom. The number of aromatic amines is 1. The summed E-state index contributed by atoms with van der Waals surface area (Å²) in [5.74, 6) is 1.22. The fourth-order valence-corrected chi connectivity index (χ4v) is 2.32. The molecule has 1 amide bonds. The van der Waals surface area contributed by atoms with Crippen LogP contribution in [0.25, 0.3) is 11.2 Å². The van der Waals surface area contributed by atoms with E-state index in [9.17, 15) is 9.59 Å². The van der Waals surface area contributed by atoms with Gasteiger partial charge in [0.1, 0.15) is 11.6 Å². The van der Waals surface area contributed by atoms with E-state index in [1.54, 1.807) is 25.4 Å². The van der Waals surface area contributed by atoms with Crippen molar-refractivity contribution >= 4 is 22.9 Å². The van der Waals surface area contributed by atoms with Crippen LogP contribution in [0.4, 0.5) is 5.82 Å². The maximum Gasteiger partial charge on any atom is 0.327 e. The molecule has 3 rings (SSSR count). The SMILES string of the molecule is CC(=O)Nc1cc(Oc2cnc3[nH]c(=O)n(C)c3c2C)ccn1. The summed E-state index contributed by atoms with van der Waals surface area (Å²) in [5.41, 5.74) is 1.75. The van der Waals surface area contributed by atoms with Crippen molar-refractivity contribution in [2.24, 2.45) is 7.05 Å². The number of aromatic nitrogens is 4. The minimum atomic E-state index is -0.232. The van der Waals surface area contributed by atoms with Crippen molar-refractivity contribution in [2.75, 3.05) is 5.32 Å². The first-order valence-corrected chi connectivity index (χ1v) is 6.91. The molecule has 0 unspecified atom stereocenters. The van der Waals surface area contributed by atoms with Crippen molar-refractivity contribution in [3.8, 4) is 11.5 Å². The lowest BCUT2D eigenvalue weighted by molar-refractivity contribution is -0.114. The van der Waals surface area contributed by atoms with Crippen molar-refractivity contribution in [1.29, 1.82) is 0 Å². The van der Waals surface area contributed by atoms with Crippen LogP contribution in [0.2, 0.25) is 0 Å². The van der Waals surface area contributed by atoms with Crippen LogP contribution in [0.3, 0.4) is 0 Å². The standard InChI is InChI=1S/C15H15N5O3/c1-8-11(7-17-14-13(8)20(3)15(22)19-14)23-10-4-5-16-12(6-10)18-9(2)21/h4-7H,1-3H3,(H,16,18,21)(H,17,19,22). The van der Waals surface area contributed by atoms with Crippen LogP contribution in [0.15, 0.2) is 29.3 Å². The number of pyridine rings is 2. The third kappa shape index (κ3) is 2.78. The molecule has 0 bridgehead atoms. The molecule has 0 aliphatic heterocycles. The molecule has 0 aromatic carbocycles. The highest BCUT2D eigenvalue weighted by atomic mass is 16.5. The number of ether oxygens (including phenoxy) is 1. The Bertz CT molecular complexity index is 957. The van der Waals surface area contributed by atoms with Crippen LogP contribution in [0.1, 0.15) is 12.5 Å². The van der Waals surface area contributed by atoms with Gasteiger partial charge in [-0.1, -0.05) is 0 Å². The van der Waals surface area contributed by atoms with Crippen LogP contribution in [-0.2, 0) is 11.8 Å². The largest absolute Gasteiger partial charge is 0.455 e. The topological polar surface area (TPSA) is 102 Å². The molecule has 0 radical (unpaired) electrons. The van der Waals surface area contributed by atoms with Crippen LogP contribution in [-0.4, -0.2) is 25.4 Å². The summed E-state index contributed by atoms with van der Waals surface area (Å²) in [6.07, 6.45) is 3.08. The maximum atomic E-state index is 11.7. The van der Waals surface area contributed by atoms with Gasteiger partial charge in [-0.25, -0.2) is 14.8 Å². The first kappa shape index (κ1) is 14.8. The van der Waals surface area contributed by atoms with E-state index in [1.807, 2.05) is 6.92 Å². The Morgan fingerprint density at radius 1 is 1.39 bits per heavy atom. The average molecular weight is 313 g/mol. The minimum absolute atomic E-state index is 0.212. The maximum absolute atomic E-state index is 11.7. The Kier molecular flexibility index (Phi) is 3.57. The highest BCUT2D eigenvalue weighted by Gasteiger charge is 2.13. The van der Waals surface area contributed by atoms with Gasteiger partial charge in [-0.05, 0) is 13.0 Å². The van der Waals surface area contributed by atoms with Crippen molar-refractivity contribution in [3.63, 3.8) is 0 Å². The second-order valence-corrected chi connectivity index (χ2v) is 5.09. The molecule has 3 aromatic heterocycles. The molecule has 3 heterocycles. The molecule has 3 aromatic rings. The molecular weight excluding hydrogens is 298 g/mol. The monoisotopic (exact) mass is 313 g/mol. The lowest BCUT2D eigenvalue weighted by atomic mass is 10.2. The number of aryl methyl sites for hydroxylation is 2. The molecule has 8 nitrogen and oxygen atoms in total. The molecule has 0 saturated carbocycles. The van der Waals surface area contributed by atoms with Gasteiger partial charge in [0.15, 0.2) is 11.4 Å². The van der Waals surface area contributed by atoms with Gasteiger partial charge in [-0.3, -0.25) is 14.3 Å². The summed E-state index contributed by atoms with van der Waals surface area (Å²) >= 11 is 0. The van der Waals surface area contributed by atoms with Crippen molar-refractivity contribution in [1.82, 2.24) is 19.5 Å². The Morgan fingerprint density at radius 2 is 2.17 bits per heavy atom. The molecule has 0 saturated heterocycles. The van der Waals surface area contributed by atoms with E-state index < -0.39 is 0 Å². The molecule has 0 aliphatic rings. The van der Waals surface area contributed by atoms with Gasteiger partial charge in [0.25, 0.3) is 0 Å². The molecule has 23 heavy (non-hydrogen) atoms. The lowest BCUT2D eigenvalue weighted by Crippen LogP contribution is -2.12. The van der Waals surface area contributed by atoms with Gasteiger partial charge in [0.05, 0.1) is 11.7 Å².